The number of nitrogens with zero attached hydrogens (tertiary/aromatic N) is 6. The number of benzene rings is 1. The molecule has 1 aromatic heterocycles. The van der Waals surface area contributed by atoms with Crippen molar-refractivity contribution in [2.24, 2.45) is 0 Å². The number of imidazole rings is 1. The summed E-state index contributed by atoms with van der Waals surface area (Å²) in [6, 6.07) is 2.44. The molecule has 1 fully saturated rings. The lowest BCUT2D eigenvalue weighted by molar-refractivity contribution is -0.119. The monoisotopic (exact) mass is 548 g/mol. The SMILES string of the molecule is CCCCCC(=O)N(COC(=O)OCCN1CCN(C)CC1)c1nc2c(F)cc(C#N)c(F)c2n1C(C)(C)C. The Morgan fingerprint density at radius 2 is 1.85 bits per heavy atom. The molecule has 0 N–H and O–H groups in total. The number of piperazine rings is 1. The Morgan fingerprint density at radius 1 is 1.15 bits per heavy atom. The molecule has 10 nitrogen and oxygen atoms in total. The van der Waals surface area contributed by atoms with Crippen LogP contribution >= 0.6 is 0 Å². The van der Waals surface area contributed by atoms with Crippen molar-refractivity contribution in [3.63, 3.8) is 0 Å². The predicted octanol–water partition coefficient (Wildman–Crippen LogP) is 4.21. The Hall–Kier alpha value is -3.30. The van der Waals surface area contributed by atoms with Gasteiger partial charge in [0.05, 0.1) is 5.56 Å². The molecule has 214 valence electrons. The topological polar surface area (TPSA) is 104 Å². The van der Waals surface area contributed by atoms with Gasteiger partial charge in [-0.25, -0.2) is 23.5 Å². The number of anilines is 1. The first-order chi connectivity index (χ1) is 18.5. The van der Waals surface area contributed by atoms with E-state index in [1.54, 1.807) is 26.8 Å². The van der Waals surface area contributed by atoms with Crippen LogP contribution in [0.25, 0.3) is 11.0 Å². The van der Waals surface area contributed by atoms with E-state index in [4.69, 9.17) is 9.47 Å². The number of aromatic nitrogens is 2. The zero-order chi connectivity index (χ0) is 28.7. The van der Waals surface area contributed by atoms with Gasteiger partial charge in [0.2, 0.25) is 11.9 Å². The van der Waals surface area contributed by atoms with Crippen molar-refractivity contribution in [3.05, 3.63) is 23.3 Å². The zero-order valence-corrected chi connectivity index (χ0v) is 23.4. The maximum Gasteiger partial charge on any atom is 0.510 e. The fourth-order valence-corrected chi connectivity index (χ4v) is 4.45. The molecular formula is C27H38F2N6O4. The van der Waals surface area contributed by atoms with Crippen molar-refractivity contribution in [2.75, 3.05) is 58.0 Å². The normalized spacial score (nSPS) is 14.8. The quantitative estimate of drug-likeness (QED) is 0.247. The first-order valence-electron chi connectivity index (χ1n) is 13.3. The lowest BCUT2D eigenvalue weighted by Gasteiger charge is -2.32. The van der Waals surface area contributed by atoms with Crippen LogP contribution in [0.3, 0.4) is 0 Å². The van der Waals surface area contributed by atoms with Crippen LogP contribution in [0.1, 0.15) is 58.9 Å². The van der Waals surface area contributed by atoms with E-state index >= 15 is 4.39 Å². The highest BCUT2D eigenvalue weighted by Gasteiger charge is 2.32. The smallest absolute Gasteiger partial charge is 0.433 e. The Balaban J connectivity index is 1.86. The molecule has 0 atom stereocenters. The Kier molecular flexibility index (Phi) is 10.2. The number of nitriles is 1. The van der Waals surface area contributed by atoms with E-state index in [1.807, 2.05) is 6.92 Å². The number of hydrogen-bond donors (Lipinski definition) is 0. The van der Waals surface area contributed by atoms with Crippen LogP contribution < -0.4 is 4.90 Å². The maximum atomic E-state index is 15.3. The highest BCUT2D eigenvalue weighted by atomic mass is 19.1. The largest absolute Gasteiger partial charge is 0.510 e. The van der Waals surface area contributed by atoms with Crippen LogP contribution in [0.15, 0.2) is 6.07 Å². The Labute approximate surface area is 228 Å². The van der Waals surface area contributed by atoms with Gasteiger partial charge in [0, 0.05) is 44.7 Å². The van der Waals surface area contributed by atoms with E-state index in [2.05, 4.69) is 21.8 Å². The number of ether oxygens (including phenoxy) is 2. The number of hydrogen-bond acceptors (Lipinski definition) is 8. The van der Waals surface area contributed by atoms with Crippen molar-refractivity contribution >= 4 is 29.0 Å². The van der Waals surface area contributed by atoms with Gasteiger partial charge in [0.1, 0.15) is 23.7 Å². The van der Waals surface area contributed by atoms with Crippen molar-refractivity contribution in [2.45, 2.75) is 58.9 Å². The van der Waals surface area contributed by atoms with E-state index in [0.717, 1.165) is 50.0 Å². The first-order valence-corrected chi connectivity index (χ1v) is 13.3. The Morgan fingerprint density at radius 3 is 2.46 bits per heavy atom. The minimum Gasteiger partial charge on any atom is -0.433 e. The van der Waals surface area contributed by atoms with Gasteiger partial charge in [-0.1, -0.05) is 19.8 Å². The summed E-state index contributed by atoms with van der Waals surface area (Å²) in [7, 11) is 2.06. The van der Waals surface area contributed by atoms with Gasteiger partial charge in [-0.2, -0.15) is 5.26 Å². The van der Waals surface area contributed by atoms with E-state index < -0.39 is 41.5 Å². The number of halogens is 2. The summed E-state index contributed by atoms with van der Waals surface area (Å²) >= 11 is 0. The molecule has 0 bridgehead atoms. The minimum atomic E-state index is -0.960. The predicted molar refractivity (Wildman–Crippen MR) is 142 cm³/mol. The fourth-order valence-electron chi connectivity index (χ4n) is 4.45. The van der Waals surface area contributed by atoms with E-state index in [-0.39, 0.29) is 30.0 Å². The number of carbonyl (C=O) groups is 2. The van der Waals surface area contributed by atoms with Gasteiger partial charge in [-0.05, 0) is 40.3 Å². The molecule has 1 amide bonds. The van der Waals surface area contributed by atoms with Crippen LogP contribution in [0.4, 0.5) is 19.5 Å². The average Bonchev–Trinajstić information content (AvgIpc) is 3.30. The van der Waals surface area contributed by atoms with Crippen molar-refractivity contribution in [1.82, 2.24) is 19.4 Å². The lowest BCUT2D eigenvalue weighted by Crippen LogP contribution is -2.45. The molecule has 0 aliphatic carbocycles. The molecule has 0 spiro atoms. The molecule has 2 aromatic rings. The average molecular weight is 549 g/mol. The summed E-state index contributed by atoms with van der Waals surface area (Å²) < 4.78 is 42.1. The van der Waals surface area contributed by atoms with E-state index in [1.165, 1.54) is 4.57 Å². The van der Waals surface area contributed by atoms with Gasteiger partial charge in [0.15, 0.2) is 18.4 Å². The molecule has 1 aliphatic rings. The second kappa shape index (κ2) is 13.2. The standard InChI is InChI=1S/C27H38F2N6O4/c1-6-7-8-9-21(36)34(18-39-26(37)38-15-14-33-12-10-32(5)11-13-33)25-31-23-20(28)16-19(17-30)22(29)24(23)35(25)27(2,3)4/h16H,6-15,18H2,1-5H3. The van der Waals surface area contributed by atoms with Crippen molar-refractivity contribution in [1.29, 1.82) is 5.26 Å². The third-order valence-corrected chi connectivity index (χ3v) is 6.66. The summed E-state index contributed by atoms with van der Waals surface area (Å²) in [6.07, 6.45) is 1.43. The van der Waals surface area contributed by atoms with Gasteiger partial charge in [0.25, 0.3) is 0 Å². The summed E-state index contributed by atoms with van der Waals surface area (Å²) in [4.78, 5) is 35.5. The molecular weight excluding hydrogens is 510 g/mol. The summed E-state index contributed by atoms with van der Waals surface area (Å²) in [6.45, 7) is 11.0. The van der Waals surface area contributed by atoms with E-state index in [9.17, 15) is 19.2 Å². The summed E-state index contributed by atoms with van der Waals surface area (Å²) in [5.41, 5.74) is -1.91. The van der Waals surface area contributed by atoms with Crippen LogP contribution in [0.5, 0.6) is 0 Å². The fraction of sp³-hybridized carbons (Fsp3) is 0.630. The number of rotatable bonds is 10. The molecule has 0 radical (unpaired) electrons. The maximum absolute atomic E-state index is 15.3. The summed E-state index contributed by atoms with van der Waals surface area (Å²) in [5, 5.41) is 9.30. The third-order valence-electron chi connectivity index (χ3n) is 6.66. The number of unbranched alkanes of at least 4 members (excludes halogenated alkanes) is 2. The molecule has 0 unspecified atom stereocenters. The molecule has 1 aromatic carbocycles. The third kappa shape index (κ3) is 7.42. The van der Waals surface area contributed by atoms with Crippen molar-refractivity contribution in [3.8, 4) is 6.07 Å². The highest BCUT2D eigenvalue weighted by molar-refractivity contribution is 5.94. The molecule has 3 rings (SSSR count). The van der Waals surface area contributed by atoms with Crippen molar-refractivity contribution < 1.29 is 27.8 Å². The summed E-state index contributed by atoms with van der Waals surface area (Å²) in [5.74, 6) is -2.34. The second-order valence-corrected chi connectivity index (χ2v) is 10.7. The molecule has 2 heterocycles. The van der Waals surface area contributed by atoms with E-state index in [0.29, 0.717) is 13.0 Å². The van der Waals surface area contributed by atoms with Crippen LogP contribution in [-0.2, 0) is 19.8 Å². The number of amides is 1. The lowest BCUT2D eigenvalue weighted by atomic mass is 10.1. The van der Waals surface area contributed by atoms with Gasteiger partial charge in [-0.3, -0.25) is 9.69 Å². The van der Waals surface area contributed by atoms with Crippen LogP contribution in [0, 0.1) is 23.0 Å². The van der Waals surface area contributed by atoms with Crippen LogP contribution in [-0.4, -0.2) is 84.5 Å². The molecule has 1 saturated heterocycles. The Bertz CT molecular complexity index is 1210. The first kappa shape index (κ1) is 30.2. The minimum absolute atomic E-state index is 0.0860. The zero-order valence-electron chi connectivity index (χ0n) is 23.4. The molecule has 39 heavy (non-hydrogen) atoms. The van der Waals surface area contributed by atoms with Gasteiger partial charge in [-0.15, -0.1) is 0 Å². The van der Waals surface area contributed by atoms with Gasteiger partial charge >= 0.3 is 6.16 Å². The number of fused-ring (bicyclic) bond motifs is 1. The van der Waals surface area contributed by atoms with Gasteiger partial charge < -0.3 is 18.9 Å². The second-order valence-electron chi connectivity index (χ2n) is 10.7. The van der Waals surface area contributed by atoms with Crippen LogP contribution in [0.2, 0.25) is 0 Å². The molecule has 0 saturated carbocycles. The molecule has 1 aliphatic heterocycles. The highest BCUT2D eigenvalue weighted by Crippen LogP contribution is 2.34. The number of carbonyl (C=O) groups excluding carboxylic acids is 2. The number of likely N-dealkylation sites (N-methyl/N-ethyl adjacent to an activating group) is 1. The molecule has 12 heteroatoms.